The van der Waals surface area contributed by atoms with Crippen LogP contribution < -0.4 is 4.74 Å². The van der Waals surface area contributed by atoms with Crippen molar-refractivity contribution in [2.45, 2.75) is 51.8 Å². The number of halogens is 3. The molecule has 34 heavy (non-hydrogen) atoms. The van der Waals surface area contributed by atoms with Gasteiger partial charge in [-0.1, -0.05) is 12.1 Å². The molecule has 0 spiro atoms. The monoisotopic (exact) mass is 479 g/mol. The summed E-state index contributed by atoms with van der Waals surface area (Å²) in [5, 5.41) is 0. The van der Waals surface area contributed by atoms with Crippen LogP contribution in [0.4, 0.5) is 13.2 Å². The molecule has 1 saturated heterocycles. The lowest BCUT2D eigenvalue weighted by Crippen LogP contribution is -2.42. The predicted octanol–water partition coefficient (Wildman–Crippen LogP) is 3.58. The Morgan fingerprint density at radius 3 is 2.38 bits per heavy atom. The molecule has 0 radical (unpaired) electrons. The minimum absolute atomic E-state index is 0.0172. The van der Waals surface area contributed by atoms with Crippen LogP contribution in [0.5, 0.6) is 5.75 Å². The average molecular weight is 479 g/mol. The molecule has 2 aromatic rings. The van der Waals surface area contributed by atoms with Crippen molar-refractivity contribution in [3.63, 3.8) is 0 Å². The smallest absolute Gasteiger partial charge is 0.406 e. The number of amides is 2. The number of carbonyl (C=O) groups excluding carboxylic acids is 2. The van der Waals surface area contributed by atoms with Crippen molar-refractivity contribution in [1.82, 2.24) is 14.8 Å². The summed E-state index contributed by atoms with van der Waals surface area (Å²) < 4.78 is 46.9. The molecule has 0 saturated carbocycles. The number of aromatic nitrogens is 1. The van der Waals surface area contributed by atoms with Crippen molar-refractivity contribution in [1.29, 1.82) is 0 Å². The van der Waals surface area contributed by atoms with Gasteiger partial charge in [-0.2, -0.15) is 0 Å². The first-order valence-electron chi connectivity index (χ1n) is 11.0. The van der Waals surface area contributed by atoms with Crippen molar-refractivity contribution in [3.8, 4) is 5.75 Å². The number of aryl methyl sites for hydroxylation is 1. The Labute approximate surface area is 196 Å². The molecule has 1 fully saturated rings. The van der Waals surface area contributed by atoms with E-state index in [-0.39, 0.29) is 49.7 Å². The van der Waals surface area contributed by atoms with Crippen LogP contribution >= 0.6 is 0 Å². The number of rotatable bonds is 8. The van der Waals surface area contributed by atoms with E-state index in [0.717, 1.165) is 5.56 Å². The molecule has 184 valence electrons. The van der Waals surface area contributed by atoms with E-state index in [9.17, 15) is 22.8 Å². The van der Waals surface area contributed by atoms with Gasteiger partial charge in [0.25, 0.3) is 0 Å². The Bertz CT molecular complexity index is 952. The molecule has 1 aliphatic heterocycles. The molecule has 3 rings (SSSR count). The summed E-state index contributed by atoms with van der Waals surface area (Å²) in [6.07, 6.45) is -1.06. The third-order valence-electron chi connectivity index (χ3n) is 5.47. The average Bonchev–Trinajstić information content (AvgIpc) is 2.95. The first-order valence-corrected chi connectivity index (χ1v) is 11.0. The van der Waals surface area contributed by atoms with Crippen LogP contribution in [0.15, 0.2) is 48.8 Å². The standard InChI is InChI=1S/C24H28F3N3O4/c1-17(2)30-14-21(33-16-19-3-6-20(7-4-19)34-24(25,26)27)13-29(15-23(30)32)22(31)8-5-18-9-11-28-12-10-18/h3-4,6-7,9-12,17,21H,5,8,13-16H2,1-2H3/t21-/m0/s1. The Balaban J connectivity index is 1.63. The Kier molecular flexibility index (Phi) is 8.49. The second-order valence-electron chi connectivity index (χ2n) is 8.39. The molecular formula is C24H28F3N3O4. The van der Waals surface area contributed by atoms with Crippen molar-refractivity contribution in [2.75, 3.05) is 19.6 Å². The van der Waals surface area contributed by atoms with Crippen LogP contribution in [0.3, 0.4) is 0 Å². The van der Waals surface area contributed by atoms with Gasteiger partial charge in [-0.15, -0.1) is 13.2 Å². The van der Waals surface area contributed by atoms with Gasteiger partial charge in [0.2, 0.25) is 11.8 Å². The van der Waals surface area contributed by atoms with Crippen LogP contribution in [-0.2, 0) is 27.4 Å². The summed E-state index contributed by atoms with van der Waals surface area (Å²) in [5.41, 5.74) is 1.64. The van der Waals surface area contributed by atoms with Crippen molar-refractivity contribution in [3.05, 3.63) is 59.9 Å². The molecule has 0 N–H and O–H groups in total. The summed E-state index contributed by atoms with van der Waals surface area (Å²) in [6, 6.07) is 9.04. The molecule has 1 aromatic carbocycles. The number of benzene rings is 1. The molecule has 1 atom stereocenters. The van der Waals surface area contributed by atoms with Gasteiger partial charge in [0.15, 0.2) is 0 Å². The zero-order chi connectivity index (χ0) is 24.7. The third-order valence-corrected chi connectivity index (χ3v) is 5.47. The van der Waals surface area contributed by atoms with Crippen LogP contribution in [0.25, 0.3) is 0 Å². The van der Waals surface area contributed by atoms with Gasteiger partial charge >= 0.3 is 6.36 Å². The lowest BCUT2D eigenvalue weighted by atomic mass is 10.1. The maximum atomic E-state index is 12.9. The topological polar surface area (TPSA) is 72.0 Å². The number of hydrogen-bond donors (Lipinski definition) is 0. The minimum atomic E-state index is -4.75. The first-order chi connectivity index (χ1) is 16.1. The van der Waals surface area contributed by atoms with E-state index in [0.29, 0.717) is 18.5 Å². The molecule has 1 aliphatic rings. The molecule has 7 nitrogen and oxygen atoms in total. The summed E-state index contributed by atoms with van der Waals surface area (Å²) in [4.78, 5) is 32.8. The second-order valence-corrected chi connectivity index (χ2v) is 8.39. The number of pyridine rings is 1. The summed E-state index contributed by atoms with van der Waals surface area (Å²) in [7, 11) is 0. The fourth-order valence-electron chi connectivity index (χ4n) is 3.70. The van der Waals surface area contributed by atoms with Gasteiger partial charge in [0, 0.05) is 37.9 Å². The van der Waals surface area contributed by atoms with Gasteiger partial charge < -0.3 is 19.3 Å². The van der Waals surface area contributed by atoms with Gasteiger partial charge in [0.05, 0.1) is 19.3 Å². The fourth-order valence-corrected chi connectivity index (χ4v) is 3.70. The molecule has 2 heterocycles. The number of nitrogens with zero attached hydrogens (tertiary/aromatic N) is 3. The highest BCUT2D eigenvalue weighted by Crippen LogP contribution is 2.23. The van der Waals surface area contributed by atoms with E-state index in [4.69, 9.17) is 4.74 Å². The van der Waals surface area contributed by atoms with E-state index in [1.807, 2.05) is 26.0 Å². The quantitative estimate of drug-likeness (QED) is 0.579. The molecule has 0 aliphatic carbocycles. The molecule has 1 aromatic heterocycles. The molecule has 0 bridgehead atoms. The largest absolute Gasteiger partial charge is 0.573 e. The van der Waals surface area contributed by atoms with Crippen molar-refractivity contribution in [2.24, 2.45) is 0 Å². The first kappa shape index (κ1) is 25.5. The van der Waals surface area contributed by atoms with Crippen LogP contribution in [0, 0.1) is 0 Å². The Hall–Kier alpha value is -3.14. The molecule has 0 unspecified atom stereocenters. The van der Waals surface area contributed by atoms with E-state index in [1.54, 1.807) is 17.3 Å². The number of ether oxygens (including phenoxy) is 2. The normalized spacial score (nSPS) is 17.1. The van der Waals surface area contributed by atoms with E-state index < -0.39 is 12.5 Å². The highest BCUT2D eigenvalue weighted by Gasteiger charge is 2.32. The lowest BCUT2D eigenvalue weighted by Gasteiger charge is -2.27. The zero-order valence-electron chi connectivity index (χ0n) is 19.1. The SMILES string of the molecule is CC(C)N1C[C@@H](OCc2ccc(OC(F)(F)F)cc2)CN(C(=O)CCc2ccncc2)CC1=O. The van der Waals surface area contributed by atoms with E-state index in [1.165, 1.54) is 29.2 Å². The summed E-state index contributed by atoms with van der Waals surface area (Å²) in [6.45, 7) is 4.47. The maximum Gasteiger partial charge on any atom is 0.573 e. The van der Waals surface area contributed by atoms with Crippen LogP contribution in [0.2, 0.25) is 0 Å². The minimum Gasteiger partial charge on any atom is -0.406 e. The predicted molar refractivity (Wildman–Crippen MR) is 118 cm³/mol. The lowest BCUT2D eigenvalue weighted by molar-refractivity contribution is -0.274. The number of carbonyl (C=O) groups is 2. The Morgan fingerprint density at radius 2 is 1.76 bits per heavy atom. The molecular weight excluding hydrogens is 451 g/mol. The van der Waals surface area contributed by atoms with Crippen LogP contribution in [0.1, 0.15) is 31.4 Å². The van der Waals surface area contributed by atoms with Gasteiger partial charge in [-0.25, -0.2) is 0 Å². The van der Waals surface area contributed by atoms with Crippen LogP contribution in [-0.4, -0.2) is 64.7 Å². The van der Waals surface area contributed by atoms with E-state index >= 15 is 0 Å². The second kappa shape index (κ2) is 11.3. The van der Waals surface area contributed by atoms with Crippen molar-refractivity contribution < 1.29 is 32.2 Å². The molecule has 2 amide bonds. The third kappa shape index (κ3) is 7.72. The maximum absolute atomic E-state index is 12.9. The highest BCUT2D eigenvalue weighted by atomic mass is 19.4. The van der Waals surface area contributed by atoms with Gasteiger partial charge in [0.1, 0.15) is 5.75 Å². The highest BCUT2D eigenvalue weighted by molar-refractivity contribution is 5.85. The number of hydrogen-bond acceptors (Lipinski definition) is 5. The Morgan fingerprint density at radius 1 is 1.09 bits per heavy atom. The number of alkyl halides is 3. The summed E-state index contributed by atoms with van der Waals surface area (Å²) in [5.74, 6) is -0.599. The summed E-state index contributed by atoms with van der Waals surface area (Å²) >= 11 is 0. The van der Waals surface area contributed by atoms with Crippen molar-refractivity contribution >= 4 is 11.8 Å². The van der Waals surface area contributed by atoms with Gasteiger partial charge in [-0.3, -0.25) is 14.6 Å². The van der Waals surface area contributed by atoms with Gasteiger partial charge in [-0.05, 0) is 55.7 Å². The molecule has 10 heteroatoms. The fraction of sp³-hybridized carbons (Fsp3) is 0.458. The zero-order valence-corrected chi connectivity index (χ0v) is 19.1. The van der Waals surface area contributed by atoms with E-state index in [2.05, 4.69) is 9.72 Å².